The molecule has 0 radical (unpaired) electrons. The zero-order valence-corrected chi connectivity index (χ0v) is 17.5. The van der Waals surface area contributed by atoms with Gasteiger partial charge in [0.05, 0.1) is 38.3 Å². The van der Waals surface area contributed by atoms with E-state index in [1.54, 1.807) is 36.0 Å². The lowest BCUT2D eigenvalue weighted by atomic mass is 10.3. The molecule has 0 saturated carbocycles. The molecule has 146 valence electrons. The number of anilines is 1. The third kappa shape index (κ3) is 4.07. The molecule has 4 aromatic rings. The van der Waals surface area contributed by atoms with Crippen LogP contribution in [0.2, 0.25) is 10.0 Å². The van der Waals surface area contributed by atoms with Crippen molar-refractivity contribution >= 4 is 57.6 Å². The average Bonchev–Trinajstić information content (AvgIpc) is 3.17. The first kappa shape index (κ1) is 19.7. The number of carbonyl (C=O) groups is 1. The minimum Gasteiger partial charge on any atom is -0.324 e. The van der Waals surface area contributed by atoms with Gasteiger partial charge in [0.1, 0.15) is 11.4 Å². The molecule has 0 aliphatic heterocycles. The van der Waals surface area contributed by atoms with Gasteiger partial charge in [0.15, 0.2) is 5.65 Å². The highest BCUT2D eigenvalue weighted by Crippen LogP contribution is 2.32. The zero-order chi connectivity index (χ0) is 20.4. The monoisotopic (exact) mass is 443 g/mol. The summed E-state index contributed by atoms with van der Waals surface area (Å²) in [4.78, 5) is 21.4. The lowest BCUT2D eigenvalue weighted by molar-refractivity contribution is -0.115. The van der Waals surface area contributed by atoms with Crippen LogP contribution < -0.4 is 5.32 Å². The normalized spacial score (nSPS) is 12.1. The molecule has 6 nitrogen and oxygen atoms in total. The molecule has 2 heterocycles. The molecule has 4 rings (SSSR count). The van der Waals surface area contributed by atoms with Gasteiger partial charge in [-0.15, -0.1) is 0 Å². The van der Waals surface area contributed by atoms with Crippen LogP contribution in [-0.2, 0) is 4.79 Å². The van der Waals surface area contributed by atoms with Crippen LogP contribution in [0.15, 0.2) is 66.1 Å². The quantitative estimate of drug-likeness (QED) is 0.337. The molecule has 2 aromatic carbocycles. The molecule has 0 unspecified atom stereocenters. The van der Waals surface area contributed by atoms with E-state index in [0.29, 0.717) is 26.4 Å². The minimum absolute atomic E-state index is 0.207. The maximum absolute atomic E-state index is 12.6. The number of hydrogen-bond donors (Lipinski definition) is 1. The van der Waals surface area contributed by atoms with Gasteiger partial charge in [-0.05, 0) is 31.2 Å². The molecule has 0 saturated heterocycles. The molecule has 0 aliphatic rings. The van der Waals surface area contributed by atoms with E-state index in [0.717, 1.165) is 11.1 Å². The molecule has 1 amide bonds. The molecule has 0 spiro atoms. The van der Waals surface area contributed by atoms with Gasteiger partial charge in [-0.1, -0.05) is 59.2 Å². The van der Waals surface area contributed by atoms with E-state index >= 15 is 0 Å². The van der Waals surface area contributed by atoms with Gasteiger partial charge in [0.2, 0.25) is 5.91 Å². The Morgan fingerprint density at radius 1 is 1.10 bits per heavy atom. The van der Waals surface area contributed by atoms with Gasteiger partial charge in [-0.2, -0.15) is 5.10 Å². The predicted molar refractivity (Wildman–Crippen MR) is 117 cm³/mol. The molecular weight excluding hydrogens is 429 g/mol. The second kappa shape index (κ2) is 8.41. The summed E-state index contributed by atoms with van der Waals surface area (Å²) in [7, 11) is 0. The number of hydrogen-bond acceptors (Lipinski definition) is 5. The summed E-state index contributed by atoms with van der Waals surface area (Å²) in [6, 6.07) is 14.8. The molecule has 0 bridgehead atoms. The second-order valence-electron chi connectivity index (χ2n) is 6.16. The van der Waals surface area contributed by atoms with Crippen molar-refractivity contribution in [3.63, 3.8) is 0 Å². The maximum atomic E-state index is 12.6. The van der Waals surface area contributed by atoms with E-state index in [2.05, 4.69) is 20.4 Å². The van der Waals surface area contributed by atoms with Crippen molar-refractivity contribution in [3.8, 4) is 5.69 Å². The number of thioether (sulfide) groups is 1. The molecule has 1 atom stereocenters. The molecule has 0 aliphatic carbocycles. The van der Waals surface area contributed by atoms with Crippen molar-refractivity contribution in [2.24, 2.45) is 0 Å². The Hall–Kier alpha value is -2.61. The SMILES string of the molecule is C[C@H](Sc1ncnc2c1cnn2-c1ccccc1)C(=O)Nc1cccc(Cl)c1Cl. The number of fused-ring (bicyclic) bond motifs is 1. The molecule has 29 heavy (non-hydrogen) atoms. The predicted octanol–water partition coefficient (Wildman–Crippen LogP) is 5.24. The fraction of sp³-hybridized carbons (Fsp3) is 0.100. The van der Waals surface area contributed by atoms with Crippen LogP contribution in [-0.4, -0.2) is 30.9 Å². The van der Waals surface area contributed by atoms with Crippen molar-refractivity contribution in [3.05, 3.63) is 71.1 Å². The Kier molecular flexibility index (Phi) is 5.71. The van der Waals surface area contributed by atoms with Crippen LogP contribution in [0.25, 0.3) is 16.7 Å². The number of nitrogens with zero attached hydrogens (tertiary/aromatic N) is 4. The number of halogens is 2. The number of benzene rings is 2. The maximum Gasteiger partial charge on any atom is 0.237 e. The minimum atomic E-state index is -0.428. The summed E-state index contributed by atoms with van der Waals surface area (Å²) in [5.41, 5.74) is 2.05. The van der Waals surface area contributed by atoms with Crippen molar-refractivity contribution in [1.29, 1.82) is 0 Å². The Labute approximate surface area is 181 Å². The van der Waals surface area contributed by atoms with Crippen LogP contribution in [0.1, 0.15) is 6.92 Å². The van der Waals surface area contributed by atoms with E-state index in [-0.39, 0.29) is 5.91 Å². The van der Waals surface area contributed by atoms with Crippen LogP contribution in [0.4, 0.5) is 5.69 Å². The first-order chi connectivity index (χ1) is 14.0. The van der Waals surface area contributed by atoms with Gasteiger partial charge in [0.25, 0.3) is 0 Å². The van der Waals surface area contributed by atoms with E-state index in [1.165, 1.54) is 18.1 Å². The fourth-order valence-corrected chi connectivity index (χ4v) is 3.96. The summed E-state index contributed by atoms with van der Waals surface area (Å²) in [5.74, 6) is -0.207. The number of carbonyl (C=O) groups excluding carboxylic acids is 1. The number of nitrogens with one attached hydrogen (secondary N) is 1. The van der Waals surface area contributed by atoms with E-state index in [9.17, 15) is 4.79 Å². The molecular formula is C20H15Cl2N5OS. The lowest BCUT2D eigenvalue weighted by Gasteiger charge is -2.13. The third-order valence-corrected chi connectivity index (χ3v) is 6.13. The Morgan fingerprint density at radius 2 is 1.90 bits per heavy atom. The highest BCUT2D eigenvalue weighted by Gasteiger charge is 2.20. The summed E-state index contributed by atoms with van der Waals surface area (Å²) in [6.45, 7) is 1.80. The summed E-state index contributed by atoms with van der Waals surface area (Å²) in [5, 5.41) is 8.97. The van der Waals surface area contributed by atoms with Crippen molar-refractivity contribution in [1.82, 2.24) is 19.7 Å². The van der Waals surface area contributed by atoms with Crippen molar-refractivity contribution in [2.45, 2.75) is 17.2 Å². The largest absolute Gasteiger partial charge is 0.324 e. The first-order valence-electron chi connectivity index (χ1n) is 8.70. The van der Waals surface area contributed by atoms with Gasteiger partial charge < -0.3 is 5.32 Å². The first-order valence-corrected chi connectivity index (χ1v) is 10.3. The Morgan fingerprint density at radius 3 is 2.69 bits per heavy atom. The smallest absolute Gasteiger partial charge is 0.237 e. The molecule has 0 fully saturated rings. The van der Waals surface area contributed by atoms with Gasteiger partial charge in [-0.25, -0.2) is 14.6 Å². The summed E-state index contributed by atoms with van der Waals surface area (Å²) >= 11 is 13.5. The lowest BCUT2D eigenvalue weighted by Crippen LogP contribution is -2.22. The van der Waals surface area contributed by atoms with Crippen LogP contribution in [0.3, 0.4) is 0 Å². The number of aromatic nitrogens is 4. The molecule has 1 N–H and O–H groups in total. The van der Waals surface area contributed by atoms with E-state index in [1.807, 2.05) is 30.3 Å². The van der Waals surface area contributed by atoms with E-state index in [4.69, 9.17) is 23.2 Å². The van der Waals surface area contributed by atoms with Gasteiger partial charge in [-0.3, -0.25) is 4.79 Å². The van der Waals surface area contributed by atoms with Crippen LogP contribution in [0.5, 0.6) is 0 Å². The standard InChI is InChI=1S/C20H15Cl2N5OS/c1-12(19(28)26-16-9-5-8-15(21)17(16)22)29-20-14-10-25-27(18(14)23-11-24-20)13-6-3-2-4-7-13/h2-12H,1H3,(H,26,28)/t12-/m0/s1. The molecule has 2 aromatic heterocycles. The van der Waals surface area contributed by atoms with Gasteiger partial charge >= 0.3 is 0 Å². The third-order valence-electron chi connectivity index (χ3n) is 4.20. The Balaban J connectivity index is 1.57. The summed E-state index contributed by atoms with van der Waals surface area (Å²) < 4.78 is 1.75. The zero-order valence-electron chi connectivity index (χ0n) is 15.2. The topological polar surface area (TPSA) is 72.7 Å². The fourth-order valence-electron chi connectivity index (χ4n) is 2.73. The van der Waals surface area contributed by atoms with Crippen molar-refractivity contribution in [2.75, 3.05) is 5.32 Å². The number of amides is 1. The average molecular weight is 444 g/mol. The van der Waals surface area contributed by atoms with Gasteiger partial charge in [0, 0.05) is 0 Å². The number of para-hydroxylation sites is 1. The Bertz CT molecular complexity index is 1180. The highest BCUT2D eigenvalue weighted by atomic mass is 35.5. The van der Waals surface area contributed by atoms with Crippen LogP contribution >= 0.6 is 35.0 Å². The molecule has 9 heteroatoms. The van der Waals surface area contributed by atoms with Crippen molar-refractivity contribution < 1.29 is 4.79 Å². The summed E-state index contributed by atoms with van der Waals surface area (Å²) in [6.07, 6.45) is 3.19. The highest BCUT2D eigenvalue weighted by molar-refractivity contribution is 8.00. The van der Waals surface area contributed by atoms with Crippen LogP contribution in [0, 0.1) is 0 Å². The van der Waals surface area contributed by atoms with E-state index < -0.39 is 5.25 Å². The number of rotatable bonds is 5. The second-order valence-corrected chi connectivity index (χ2v) is 8.27.